The molecule has 3 rings (SSSR count). The van der Waals surface area contributed by atoms with Gasteiger partial charge in [-0.15, -0.1) is 6.58 Å². The zero-order valence-corrected chi connectivity index (χ0v) is 16.7. The molecule has 1 atom stereocenters. The topological polar surface area (TPSA) is 32.8 Å². The maximum Gasteiger partial charge on any atom is 0.250 e. The molecule has 0 bridgehead atoms. The molecule has 0 fully saturated rings. The van der Waals surface area contributed by atoms with Crippen molar-refractivity contribution in [3.8, 4) is 5.75 Å². The van der Waals surface area contributed by atoms with Crippen LogP contribution in [-0.4, -0.2) is 37.6 Å². The average molecular weight is 377 g/mol. The quantitative estimate of drug-likeness (QED) is 0.536. The second kappa shape index (κ2) is 8.79. The summed E-state index contributed by atoms with van der Waals surface area (Å²) in [5.74, 6) is 0.785. The van der Waals surface area contributed by atoms with Crippen LogP contribution in [0.1, 0.15) is 17.5 Å². The third kappa shape index (κ3) is 4.45. The first-order chi connectivity index (χ1) is 13.5. The van der Waals surface area contributed by atoms with Crippen LogP contribution in [0.3, 0.4) is 0 Å². The van der Waals surface area contributed by atoms with Crippen molar-refractivity contribution >= 4 is 11.6 Å². The van der Waals surface area contributed by atoms with Gasteiger partial charge < -0.3 is 14.5 Å². The Bertz CT molecular complexity index is 855. The Balaban J connectivity index is 1.76. The normalized spacial score (nSPS) is 15.5. The summed E-state index contributed by atoms with van der Waals surface area (Å²) in [5, 5.41) is 0. The number of fused-ring (bicyclic) bond motifs is 1. The summed E-state index contributed by atoms with van der Waals surface area (Å²) >= 11 is 0. The molecule has 1 unspecified atom stereocenters. The van der Waals surface area contributed by atoms with E-state index in [2.05, 4.69) is 25.3 Å². The first-order valence-electron chi connectivity index (χ1n) is 9.56. The summed E-state index contributed by atoms with van der Waals surface area (Å²) in [6.45, 7) is 8.69. The molecule has 0 aromatic heterocycles. The van der Waals surface area contributed by atoms with Gasteiger partial charge >= 0.3 is 0 Å². The Kier molecular flexibility index (Phi) is 6.19. The minimum atomic E-state index is -0.0301. The summed E-state index contributed by atoms with van der Waals surface area (Å²) in [7, 11) is 4.02. The summed E-state index contributed by atoms with van der Waals surface area (Å²) in [6.07, 6.45) is 2.99. The van der Waals surface area contributed by atoms with E-state index in [9.17, 15) is 4.79 Å². The third-order valence-electron chi connectivity index (χ3n) is 5.10. The van der Waals surface area contributed by atoms with Crippen LogP contribution < -0.4 is 9.64 Å². The van der Waals surface area contributed by atoms with E-state index < -0.39 is 0 Å². The minimum Gasteiger partial charge on any atom is -0.491 e. The molecule has 0 saturated heterocycles. The number of allylic oxidation sites excluding steroid dienone is 1. The average Bonchev–Trinajstić information content (AvgIpc) is 2.71. The van der Waals surface area contributed by atoms with Crippen LogP contribution in [0.2, 0.25) is 0 Å². The fraction of sp³-hybridized carbons (Fsp3) is 0.292. The Labute approximate surface area is 167 Å². The highest BCUT2D eigenvalue weighted by molar-refractivity contribution is 5.93. The van der Waals surface area contributed by atoms with Crippen molar-refractivity contribution in [3.05, 3.63) is 84.5 Å². The van der Waals surface area contributed by atoms with E-state index in [0.717, 1.165) is 17.9 Å². The van der Waals surface area contributed by atoms with Gasteiger partial charge in [0.25, 0.3) is 0 Å². The van der Waals surface area contributed by atoms with E-state index in [4.69, 9.17) is 4.74 Å². The summed E-state index contributed by atoms with van der Waals surface area (Å²) < 4.78 is 6.05. The molecule has 0 saturated carbocycles. The number of carbonyl (C=O) groups excluding carboxylic acids is 1. The molecule has 1 amide bonds. The fourth-order valence-electron chi connectivity index (χ4n) is 3.47. The van der Waals surface area contributed by atoms with Crippen molar-refractivity contribution in [1.82, 2.24) is 4.90 Å². The Hall–Kier alpha value is -3.01. The molecule has 146 valence electrons. The number of benzene rings is 2. The number of nitrogens with zero attached hydrogens (tertiary/aromatic N) is 2. The smallest absolute Gasteiger partial charge is 0.250 e. The van der Waals surface area contributed by atoms with E-state index in [1.807, 2.05) is 60.3 Å². The first-order valence-corrected chi connectivity index (χ1v) is 9.56. The van der Waals surface area contributed by atoms with Gasteiger partial charge in [0.1, 0.15) is 12.4 Å². The van der Waals surface area contributed by atoms with Crippen molar-refractivity contribution in [2.24, 2.45) is 0 Å². The number of carbonyl (C=O) groups is 1. The third-order valence-corrected chi connectivity index (χ3v) is 5.10. The van der Waals surface area contributed by atoms with Crippen molar-refractivity contribution in [3.63, 3.8) is 0 Å². The van der Waals surface area contributed by atoms with Gasteiger partial charge in [-0.05, 0) is 48.2 Å². The Morgan fingerprint density at radius 2 is 1.86 bits per heavy atom. The van der Waals surface area contributed by atoms with Crippen LogP contribution in [0.4, 0.5) is 5.69 Å². The van der Waals surface area contributed by atoms with Gasteiger partial charge in [-0.25, -0.2) is 0 Å². The SMILES string of the molecule is C=CCC(=C)C(=O)N1Cc2ccccc2CC1COc1ccc(N(C)C)cc1. The van der Waals surface area contributed by atoms with Crippen LogP contribution >= 0.6 is 0 Å². The predicted octanol–water partition coefficient (Wildman–Crippen LogP) is 4.22. The standard InChI is InChI=1S/C24H28N2O2/c1-5-8-18(2)24(27)26-16-20-10-7-6-9-19(20)15-22(26)17-28-23-13-11-21(12-14-23)25(3)4/h5-7,9-14,22H,1-2,8,15-17H2,3-4H3. The van der Waals surface area contributed by atoms with Gasteiger partial charge in [-0.1, -0.05) is 36.9 Å². The second-order valence-electron chi connectivity index (χ2n) is 7.36. The van der Waals surface area contributed by atoms with Crippen molar-refractivity contribution in [2.45, 2.75) is 25.4 Å². The molecule has 2 aromatic rings. The highest BCUT2D eigenvalue weighted by Crippen LogP contribution is 2.26. The first kappa shape index (κ1) is 19.7. The van der Waals surface area contributed by atoms with Crippen molar-refractivity contribution in [1.29, 1.82) is 0 Å². The maximum atomic E-state index is 13.0. The van der Waals surface area contributed by atoms with E-state index in [0.29, 0.717) is 25.1 Å². The van der Waals surface area contributed by atoms with Gasteiger partial charge in [0.05, 0.1) is 6.04 Å². The lowest BCUT2D eigenvalue weighted by atomic mass is 9.93. The molecule has 1 heterocycles. The molecule has 4 heteroatoms. The molecule has 0 radical (unpaired) electrons. The number of rotatable bonds is 7. The molecule has 2 aromatic carbocycles. The van der Waals surface area contributed by atoms with E-state index >= 15 is 0 Å². The minimum absolute atomic E-state index is 0.0223. The molecule has 28 heavy (non-hydrogen) atoms. The molecule has 0 aliphatic carbocycles. The fourth-order valence-corrected chi connectivity index (χ4v) is 3.47. The molecule has 1 aliphatic heterocycles. The summed E-state index contributed by atoms with van der Waals surface area (Å²) in [6, 6.07) is 16.2. The largest absolute Gasteiger partial charge is 0.491 e. The predicted molar refractivity (Wildman–Crippen MR) is 115 cm³/mol. The second-order valence-corrected chi connectivity index (χ2v) is 7.36. The van der Waals surface area contributed by atoms with Gasteiger partial charge in [0, 0.05) is 31.9 Å². The lowest BCUT2D eigenvalue weighted by Gasteiger charge is -2.37. The number of hydrogen-bond acceptors (Lipinski definition) is 3. The van der Waals surface area contributed by atoms with Crippen LogP contribution in [0, 0.1) is 0 Å². The lowest BCUT2D eigenvalue weighted by molar-refractivity contribution is -0.131. The molecule has 4 nitrogen and oxygen atoms in total. The van der Waals surface area contributed by atoms with Crippen molar-refractivity contribution < 1.29 is 9.53 Å². The van der Waals surface area contributed by atoms with Crippen LogP contribution in [0.25, 0.3) is 0 Å². The summed E-state index contributed by atoms with van der Waals surface area (Å²) in [4.78, 5) is 16.9. The number of anilines is 1. The van der Waals surface area contributed by atoms with Gasteiger partial charge in [0.15, 0.2) is 0 Å². The summed E-state index contributed by atoms with van der Waals surface area (Å²) in [5.41, 5.74) is 4.15. The van der Waals surface area contributed by atoms with Crippen LogP contribution in [0.5, 0.6) is 5.75 Å². The molecular formula is C24H28N2O2. The van der Waals surface area contributed by atoms with E-state index in [1.54, 1.807) is 6.08 Å². The highest BCUT2D eigenvalue weighted by atomic mass is 16.5. The molecule has 1 aliphatic rings. The number of hydrogen-bond donors (Lipinski definition) is 0. The van der Waals surface area contributed by atoms with Gasteiger partial charge in [-0.3, -0.25) is 4.79 Å². The zero-order chi connectivity index (χ0) is 20.1. The molecular weight excluding hydrogens is 348 g/mol. The van der Waals surface area contributed by atoms with Gasteiger partial charge in [-0.2, -0.15) is 0 Å². The van der Waals surface area contributed by atoms with E-state index in [-0.39, 0.29) is 11.9 Å². The van der Waals surface area contributed by atoms with Crippen LogP contribution in [0.15, 0.2) is 73.3 Å². The molecule has 0 spiro atoms. The highest BCUT2D eigenvalue weighted by Gasteiger charge is 2.31. The Morgan fingerprint density at radius 3 is 2.50 bits per heavy atom. The van der Waals surface area contributed by atoms with Crippen LogP contribution in [-0.2, 0) is 17.8 Å². The van der Waals surface area contributed by atoms with Crippen molar-refractivity contribution in [2.75, 3.05) is 25.6 Å². The zero-order valence-electron chi connectivity index (χ0n) is 16.7. The maximum absolute atomic E-state index is 13.0. The number of ether oxygens (including phenoxy) is 1. The lowest BCUT2D eigenvalue weighted by Crippen LogP contribution is -2.47. The Morgan fingerprint density at radius 1 is 1.18 bits per heavy atom. The monoisotopic (exact) mass is 376 g/mol. The molecule has 0 N–H and O–H groups in total. The van der Waals surface area contributed by atoms with E-state index in [1.165, 1.54) is 11.1 Å². The number of amides is 1. The van der Waals surface area contributed by atoms with Gasteiger partial charge in [0.2, 0.25) is 5.91 Å².